The first-order valence-electron chi connectivity index (χ1n) is 8.73. The number of halogens is 1. The number of amidine groups is 1. The molecule has 2 aromatic carbocycles. The Labute approximate surface area is 178 Å². The summed E-state index contributed by atoms with van der Waals surface area (Å²) < 4.78 is 28.9. The van der Waals surface area contributed by atoms with E-state index in [0.717, 1.165) is 11.8 Å². The molecule has 7 nitrogen and oxygen atoms in total. The number of hydrogen-bond donors (Lipinski definition) is 1. The number of amides is 2. The predicted octanol–water partition coefficient (Wildman–Crippen LogP) is 3.38. The van der Waals surface area contributed by atoms with Crippen molar-refractivity contribution >= 4 is 56.1 Å². The van der Waals surface area contributed by atoms with E-state index in [-0.39, 0.29) is 34.8 Å². The summed E-state index contributed by atoms with van der Waals surface area (Å²) in [6.45, 7) is 1.98. The molecule has 152 valence electrons. The molecule has 10 heteroatoms. The zero-order valence-electron chi connectivity index (χ0n) is 15.4. The van der Waals surface area contributed by atoms with Crippen molar-refractivity contribution in [2.24, 2.45) is 4.40 Å². The van der Waals surface area contributed by atoms with Gasteiger partial charge in [-0.1, -0.05) is 41.6 Å². The minimum absolute atomic E-state index is 0.0422. The number of nitrogens with zero attached hydrogens (tertiary/aromatic N) is 2. The normalized spacial score (nSPS) is 18.3. The molecule has 1 atom stereocenters. The van der Waals surface area contributed by atoms with Crippen molar-refractivity contribution in [3.8, 4) is 0 Å². The highest BCUT2D eigenvalue weighted by atomic mass is 35.5. The van der Waals surface area contributed by atoms with E-state index in [1.807, 2.05) is 0 Å². The van der Waals surface area contributed by atoms with Crippen molar-refractivity contribution in [3.05, 3.63) is 59.6 Å². The van der Waals surface area contributed by atoms with Crippen LogP contribution in [-0.2, 0) is 19.6 Å². The minimum atomic E-state index is -3.95. The summed E-state index contributed by atoms with van der Waals surface area (Å²) in [6, 6.07) is 14.4. The molecule has 1 N–H and O–H groups in total. The van der Waals surface area contributed by atoms with Crippen molar-refractivity contribution in [2.75, 3.05) is 11.9 Å². The van der Waals surface area contributed by atoms with Crippen molar-refractivity contribution in [3.63, 3.8) is 0 Å². The van der Waals surface area contributed by atoms with Crippen LogP contribution in [0.5, 0.6) is 0 Å². The number of carbonyl (C=O) groups is 2. The molecule has 2 aromatic rings. The maximum absolute atomic E-state index is 12.6. The molecule has 1 saturated heterocycles. The third kappa shape index (κ3) is 5.17. The van der Waals surface area contributed by atoms with Gasteiger partial charge in [-0.3, -0.25) is 14.5 Å². The van der Waals surface area contributed by atoms with E-state index >= 15 is 0 Å². The van der Waals surface area contributed by atoms with Crippen LogP contribution in [-0.4, -0.2) is 42.1 Å². The zero-order valence-corrected chi connectivity index (χ0v) is 17.8. The zero-order chi connectivity index (χ0) is 21.0. The van der Waals surface area contributed by atoms with Crippen molar-refractivity contribution in [1.82, 2.24) is 4.90 Å². The summed E-state index contributed by atoms with van der Waals surface area (Å²) in [5, 5.41) is 2.57. The van der Waals surface area contributed by atoms with E-state index in [0.29, 0.717) is 10.7 Å². The number of anilines is 1. The lowest BCUT2D eigenvalue weighted by molar-refractivity contribution is -0.128. The van der Waals surface area contributed by atoms with Crippen molar-refractivity contribution in [1.29, 1.82) is 0 Å². The van der Waals surface area contributed by atoms with Gasteiger partial charge in [-0.05, 0) is 43.3 Å². The van der Waals surface area contributed by atoms with Crippen LogP contribution in [0.3, 0.4) is 0 Å². The molecule has 0 aliphatic carbocycles. The second kappa shape index (κ2) is 8.98. The number of benzene rings is 2. The second-order valence-electron chi connectivity index (χ2n) is 6.11. The fourth-order valence-corrected chi connectivity index (χ4v) is 5.23. The number of nitrogens with one attached hydrogen (secondary N) is 1. The lowest BCUT2D eigenvalue weighted by Crippen LogP contribution is -2.33. The summed E-state index contributed by atoms with van der Waals surface area (Å²) in [7, 11) is -3.95. The van der Waals surface area contributed by atoms with Crippen LogP contribution in [0.1, 0.15) is 13.3 Å². The van der Waals surface area contributed by atoms with Gasteiger partial charge < -0.3 is 5.32 Å². The molecule has 0 spiro atoms. The average Bonchev–Trinajstić information content (AvgIpc) is 2.97. The average molecular weight is 452 g/mol. The molecule has 1 fully saturated rings. The fraction of sp³-hybridized carbons (Fsp3) is 0.211. The Morgan fingerprint density at radius 3 is 2.45 bits per heavy atom. The first-order valence-corrected chi connectivity index (χ1v) is 11.4. The van der Waals surface area contributed by atoms with Crippen LogP contribution in [0.25, 0.3) is 0 Å². The highest BCUT2D eigenvalue weighted by Crippen LogP contribution is 2.31. The van der Waals surface area contributed by atoms with Gasteiger partial charge in [0, 0.05) is 23.7 Å². The summed E-state index contributed by atoms with van der Waals surface area (Å²) in [6.07, 6.45) is -0.104. The third-order valence-electron chi connectivity index (χ3n) is 4.07. The molecule has 29 heavy (non-hydrogen) atoms. The van der Waals surface area contributed by atoms with Gasteiger partial charge in [0.25, 0.3) is 10.0 Å². The molecule has 0 aromatic heterocycles. The minimum Gasteiger partial charge on any atom is -0.326 e. The highest BCUT2D eigenvalue weighted by Gasteiger charge is 2.39. The topological polar surface area (TPSA) is 95.9 Å². The van der Waals surface area contributed by atoms with Gasteiger partial charge in [0.15, 0.2) is 5.17 Å². The van der Waals surface area contributed by atoms with E-state index in [2.05, 4.69) is 9.71 Å². The third-order valence-corrected chi connectivity index (χ3v) is 6.90. The molecule has 0 radical (unpaired) electrons. The Kier molecular flexibility index (Phi) is 6.61. The van der Waals surface area contributed by atoms with Gasteiger partial charge in [-0.2, -0.15) is 8.42 Å². The number of hydrogen-bond acceptors (Lipinski definition) is 5. The molecule has 0 bridgehead atoms. The maximum Gasteiger partial charge on any atom is 0.284 e. The Bertz CT molecular complexity index is 1040. The SMILES string of the molecule is CCN1C(=O)C(CC(=O)Nc2ccc(Cl)cc2)SC1=NS(=O)(=O)c1ccccc1. The van der Waals surface area contributed by atoms with Gasteiger partial charge in [-0.25, -0.2) is 0 Å². The number of rotatable bonds is 6. The number of carbonyl (C=O) groups excluding carboxylic acids is 2. The second-order valence-corrected chi connectivity index (χ2v) is 9.32. The van der Waals surface area contributed by atoms with E-state index in [4.69, 9.17) is 11.6 Å². The summed E-state index contributed by atoms with van der Waals surface area (Å²) in [4.78, 5) is 26.3. The Morgan fingerprint density at radius 2 is 1.83 bits per heavy atom. The Balaban J connectivity index is 1.74. The lowest BCUT2D eigenvalue weighted by Gasteiger charge is -2.13. The van der Waals surface area contributed by atoms with Crippen LogP contribution in [0, 0.1) is 0 Å². The van der Waals surface area contributed by atoms with E-state index in [1.54, 1.807) is 49.4 Å². The molecule has 1 aliphatic heterocycles. The molecule has 1 heterocycles. The van der Waals surface area contributed by atoms with Crippen molar-refractivity contribution in [2.45, 2.75) is 23.5 Å². The highest BCUT2D eigenvalue weighted by molar-refractivity contribution is 8.16. The smallest absolute Gasteiger partial charge is 0.284 e. The number of thioether (sulfide) groups is 1. The van der Waals surface area contributed by atoms with Crippen LogP contribution in [0.15, 0.2) is 63.9 Å². The van der Waals surface area contributed by atoms with Gasteiger partial charge in [0.05, 0.1) is 4.90 Å². The van der Waals surface area contributed by atoms with Gasteiger partial charge in [-0.15, -0.1) is 4.40 Å². The van der Waals surface area contributed by atoms with Crippen molar-refractivity contribution < 1.29 is 18.0 Å². The van der Waals surface area contributed by atoms with Crippen LogP contribution >= 0.6 is 23.4 Å². The summed E-state index contributed by atoms with van der Waals surface area (Å²) in [5.41, 5.74) is 0.558. The first kappa shape index (κ1) is 21.4. The van der Waals surface area contributed by atoms with Crippen LogP contribution in [0.2, 0.25) is 5.02 Å². The summed E-state index contributed by atoms with van der Waals surface area (Å²) >= 11 is 6.80. The van der Waals surface area contributed by atoms with Gasteiger partial charge in [0.1, 0.15) is 5.25 Å². The van der Waals surface area contributed by atoms with Gasteiger partial charge in [0.2, 0.25) is 11.8 Å². The molecular formula is C19H18ClN3O4S2. The fourth-order valence-electron chi connectivity index (χ4n) is 2.66. The largest absolute Gasteiger partial charge is 0.326 e. The molecule has 2 amide bonds. The Hall–Kier alpha value is -2.36. The molecule has 1 unspecified atom stereocenters. The van der Waals surface area contributed by atoms with Gasteiger partial charge >= 0.3 is 0 Å². The molecule has 1 aliphatic rings. The lowest BCUT2D eigenvalue weighted by atomic mass is 10.2. The monoisotopic (exact) mass is 451 g/mol. The van der Waals surface area contributed by atoms with Crippen LogP contribution < -0.4 is 5.32 Å². The number of sulfonamides is 1. The Morgan fingerprint density at radius 1 is 1.17 bits per heavy atom. The quantitative estimate of drug-likeness (QED) is 0.726. The molecule has 3 rings (SSSR count). The predicted molar refractivity (Wildman–Crippen MR) is 115 cm³/mol. The summed E-state index contributed by atoms with van der Waals surface area (Å²) in [5.74, 6) is -0.702. The maximum atomic E-state index is 12.6. The van der Waals surface area contributed by atoms with E-state index in [9.17, 15) is 18.0 Å². The van der Waals surface area contributed by atoms with E-state index < -0.39 is 15.3 Å². The van der Waals surface area contributed by atoms with E-state index in [1.165, 1.54) is 17.0 Å². The first-order chi connectivity index (χ1) is 13.8. The van der Waals surface area contributed by atoms with Crippen LogP contribution in [0.4, 0.5) is 5.69 Å². The molecule has 0 saturated carbocycles. The molecular weight excluding hydrogens is 434 g/mol. The standard InChI is InChI=1S/C19H18ClN3O4S2/c1-2-23-18(25)16(12-17(24)21-14-10-8-13(20)9-11-14)28-19(23)22-29(26,27)15-6-4-3-5-7-15/h3-11,16H,2,12H2,1H3,(H,21,24).